The quantitative estimate of drug-likeness (QED) is 0.309. The van der Waals surface area contributed by atoms with Gasteiger partial charge in [0.25, 0.3) is 0 Å². The summed E-state index contributed by atoms with van der Waals surface area (Å²) < 4.78 is 1.15. The van der Waals surface area contributed by atoms with Crippen molar-refractivity contribution in [2.75, 3.05) is 0 Å². The van der Waals surface area contributed by atoms with Crippen LogP contribution in [0.1, 0.15) is 118 Å². The van der Waals surface area contributed by atoms with Gasteiger partial charge in [-0.2, -0.15) is 0 Å². The minimum Gasteiger partial charge on any atom is -0.0654 e. The lowest BCUT2D eigenvalue weighted by atomic mass is 9.81. The molecule has 1 fully saturated rings. The SMILES string of the molecule is CCCC(C)(C)CCC(C)CC.CCCCCC1CC1.Cc1cccc(Br)c1. The van der Waals surface area contributed by atoms with Crippen LogP contribution in [0.5, 0.6) is 0 Å². The smallest absolute Gasteiger partial charge is 0.0177 e. The Labute approximate surface area is 186 Å². The molecule has 0 aromatic heterocycles. The predicted octanol–water partition coefficient (Wildman–Crippen LogP) is 10.4. The van der Waals surface area contributed by atoms with Crippen molar-refractivity contribution >= 4 is 15.9 Å². The first-order valence-electron chi connectivity index (χ1n) is 12.0. The fraction of sp³-hybridized carbons (Fsp3) is 0.778. The highest BCUT2D eigenvalue weighted by Gasteiger charge is 2.19. The largest absolute Gasteiger partial charge is 0.0654 e. The molecule has 1 saturated carbocycles. The van der Waals surface area contributed by atoms with Crippen LogP contribution in [-0.2, 0) is 0 Å². The minimum atomic E-state index is 0.582. The molecule has 0 bridgehead atoms. The molecular weight excluding hydrogens is 404 g/mol. The third kappa shape index (κ3) is 17.8. The molecule has 0 saturated heterocycles. The van der Waals surface area contributed by atoms with Gasteiger partial charge in [0, 0.05) is 4.47 Å². The normalized spacial score (nSPS) is 14.4. The Hall–Kier alpha value is -0.300. The Balaban J connectivity index is 0.000000402. The Morgan fingerprint density at radius 2 is 1.71 bits per heavy atom. The van der Waals surface area contributed by atoms with E-state index in [0.717, 1.165) is 16.3 Å². The number of aryl methyl sites for hydroxylation is 1. The van der Waals surface area contributed by atoms with Crippen LogP contribution in [0.2, 0.25) is 0 Å². The van der Waals surface area contributed by atoms with Crippen molar-refractivity contribution in [1.82, 2.24) is 0 Å². The molecule has 0 aliphatic heterocycles. The van der Waals surface area contributed by atoms with E-state index in [1.54, 1.807) is 0 Å². The summed E-state index contributed by atoms with van der Waals surface area (Å²) in [5, 5.41) is 0. The first-order chi connectivity index (χ1) is 13.2. The van der Waals surface area contributed by atoms with E-state index in [2.05, 4.69) is 76.5 Å². The molecular formula is C27H49Br. The third-order valence-corrected chi connectivity index (χ3v) is 6.32. The van der Waals surface area contributed by atoms with E-state index >= 15 is 0 Å². The van der Waals surface area contributed by atoms with Gasteiger partial charge in [-0.15, -0.1) is 0 Å². The molecule has 1 aromatic rings. The zero-order chi connectivity index (χ0) is 21.4. The summed E-state index contributed by atoms with van der Waals surface area (Å²) in [6, 6.07) is 8.21. The van der Waals surface area contributed by atoms with Gasteiger partial charge in [0.2, 0.25) is 0 Å². The van der Waals surface area contributed by atoms with Gasteiger partial charge in [-0.25, -0.2) is 0 Å². The van der Waals surface area contributed by atoms with E-state index in [-0.39, 0.29) is 0 Å². The third-order valence-electron chi connectivity index (χ3n) is 5.83. The second-order valence-electron chi connectivity index (χ2n) is 9.70. The molecule has 1 heteroatoms. The van der Waals surface area contributed by atoms with Gasteiger partial charge < -0.3 is 0 Å². The second-order valence-corrected chi connectivity index (χ2v) is 10.6. The lowest BCUT2D eigenvalue weighted by molar-refractivity contribution is 0.273. The van der Waals surface area contributed by atoms with Gasteiger partial charge in [-0.1, -0.05) is 133 Å². The monoisotopic (exact) mass is 452 g/mol. The van der Waals surface area contributed by atoms with Crippen LogP contribution in [0.4, 0.5) is 0 Å². The van der Waals surface area contributed by atoms with E-state index in [0.29, 0.717) is 5.41 Å². The number of benzene rings is 1. The summed E-state index contributed by atoms with van der Waals surface area (Å²) in [7, 11) is 0. The van der Waals surface area contributed by atoms with E-state index < -0.39 is 0 Å². The van der Waals surface area contributed by atoms with Crippen molar-refractivity contribution < 1.29 is 0 Å². The van der Waals surface area contributed by atoms with Gasteiger partial charge in [0.1, 0.15) is 0 Å². The van der Waals surface area contributed by atoms with Crippen LogP contribution in [0.25, 0.3) is 0 Å². The molecule has 0 amide bonds. The van der Waals surface area contributed by atoms with Crippen LogP contribution in [-0.4, -0.2) is 0 Å². The van der Waals surface area contributed by atoms with Crippen molar-refractivity contribution in [1.29, 1.82) is 0 Å². The number of rotatable bonds is 10. The fourth-order valence-electron chi connectivity index (χ4n) is 3.34. The molecule has 0 spiro atoms. The highest BCUT2D eigenvalue weighted by Crippen LogP contribution is 2.34. The summed E-state index contributed by atoms with van der Waals surface area (Å²) in [6.07, 6.45) is 15.8. The van der Waals surface area contributed by atoms with Crippen molar-refractivity contribution in [3.8, 4) is 0 Å². The lowest BCUT2D eigenvalue weighted by Gasteiger charge is -2.25. The lowest BCUT2D eigenvalue weighted by Crippen LogP contribution is -2.12. The molecule has 0 heterocycles. The molecule has 1 atom stereocenters. The maximum Gasteiger partial charge on any atom is 0.0177 e. The molecule has 0 radical (unpaired) electrons. The first kappa shape index (κ1) is 27.7. The summed E-state index contributed by atoms with van der Waals surface area (Å²) >= 11 is 3.36. The van der Waals surface area contributed by atoms with E-state index in [1.807, 2.05) is 12.1 Å². The second kappa shape index (κ2) is 16.5. The standard InChI is InChI=1S/C12H26.C8H16.C7H7Br/c1-6-9-12(4,5)10-8-11(3)7-2;1-2-3-4-5-8-6-7-8;1-6-3-2-4-7(8)5-6/h11H,6-10H2,1-5H3;8H,2-7H2,1H3;2-5H,1H3. The number of hydrogen-bond acceptors (Lipinski definition) is 0. The molecule has 1 aliphatic carbocycles. The fourth-order valence-corrected chi connectivity index (χ4v) is 3.85. The van der Waals surface area contributed by atoms with Crippen LogP contribution in [0, 0.1) is 24.2 Å². The summed E-state index contributed by atoms with van der Waals surface area (Å²) in [5.41, 5.74) is 1.87. The molecule has 164 valence electrons. The van der Waals surface area contributed by atoms with Crippen LogP contribution in [0.15, 0.2) is 28.7 Å². The summed E-state index contributed by atoms with van der Waals surface area (Å²) in [5.74, 6) is 2.07. The number of halogens is 1. The highest BCUT2D eigenvalue weighted by atomic mass is 79.9. The Bertz CT molecular complexity index is 456. The Morgan fingerprint density at radius 3 is 2.14 bits per heavy atom. The molecule has 1 unspecified atom stereocenters. The van der Waals surface area contributed by atoms with Gasteiger partial charge in [-0.05, 0) is 49.1 Å². The van der Waals surface area contributed by atoms with Crippen molar-refractivity contribution in [2.45, 2.75) is 119 Å². The number of hydrogen-bond donors (Lipinski definition) is 0. The Morgan fingerprint density at radius 1 is 1.04 bits per heavy atom. The number of unbranched alkanes of at least 4 members (excludes halogenated alkanes) is 2. The van der Waals surface area contributed by atoms with Gasteiger partial charge >= 0.3 is 0 Å². The summed E-state index contributed by atoms with van der Waals surface area (Å²) in [4.78, 5) is 0. The van der Waals surface area contributed by atoms with E-state index in [4.69, 9.17) is 0 Å². The maximum absolute atomic E-state index is 3.36. The molecule has 28 heavy (non-hydrogen) atoms. The molecule has 0 nitrogen and oxygen atoms in total. The van der Waals surface area contributed by atoms with Crippen molar-refractivity contribution in [2.24, 2.45) is 17.3 Å². The zero-order valence-corrected chi connectivity index (χ0v) is 21.7. The summed E-state index contributed by atoms with van der Waals surface area (Å²) in [6.45, 7) is 16.1. The average molecular weight is 454 g/mol. The predicted molar refractivity (Wildman–Crippen MR) is 133 cm³/mol. The van der Waals surface area contributed by atoms with E-state index in [9.17, 15) is 0 Å². The average Bonchev–Trinajstić information content (AvgIpc) is 3.45. The topological polar surface area (TPSA) is 0 Å². The van der Waals surface area contributed by atoms with Gasteiger partial charge in [0.15, 0.2) is 0 Å². The van der Waals surface area contributed by atoms with Crippen LogP contribution in [0.3, 0.4) is 0 Å². The van der Waals surface area contributed by atoms with Crippen molar-refractivity contribution in [3.63, 3.8) is 0 Å². The highest BCUT2D eigenvalue weighted by molar-refractivity contribution is 9.10. The molecule has 0 N–H and O–H groups in total. The molecule has 2 rings (SSSR count). The van der Waals surface area contributed by atoms with Crippen molar-refractivity contribution in [3.05, 3.63) is 34.3 Å². The Kier molecular flexibility index (Phi) is 16.3. The minimum absolute atomic E-state index is 0.582. The maximum atomic E-state index is 3.36. The molecule has 1 aromatic carbocycles. The van der Waals surface area contributed by atoms with E-state index in [1.165, 1.54) is 76.2 Å². The van der Waals surface area contributed by atoms with Crippen LogP contribution < -0.4 is 0 Å². The first-order valence-corrected chi connectivity index (χ1v) is 12.8. The molecule has 1 aliphatic rings. The zero-order valence-electron chi connectivity index (χ0n) is 20.1. The van der Waals surface area contributed by atoms with Gasteiger partial charge in [-0.3, -0.25) is 0 Å². The van der Waals surface area contributed by atoms with Gasteiger partial charge in [0.05, 0.1) is 0 Å². The van der Waals surface area contributed by atoms with Crippen LogP contribution >= 0.6 is 15.9 Å².